The second kappa shape index (κ2) is 9.60. The van der Waals surface area contributed by atoms with Gasteiger partial charge in [0.1, 0.15) is 18.1 Å². The number of nitrogens with two attached hydrogens (primary N) is 2. The molecule has 0 radical (unpaired) electrons. The number of aliphatic hydroxyl groups is 2. The molecule has 9 nitrogen and oxygen atoms in total. The molecule has 3 amide bonds. The van der Waals surface area contributed by atoms with Gasteiger partial charge in [-0.15, -0.1) is 0 Å². The van der Waals surface area contributed by atoms with Gasteiger partial charge in [-0.1, -0.05) is 30.3 Å². The van der Waals surface area contributed by atoms with Crippen LogP contribution in [0.1, 0.15) is 5.56 Å². The highest BCUT2D eigenvalue weighted by Crippen LogP contribution is 2.04. The van der Waals surface area contributed by atoms with E-state index in [1.54, 1.807) is 30.3 Å². The topological polar surface area (TPSA) is 168 Å². The summed E-state index contributed by atoms with van der Waals surface area (Å²) in [6.45, 7) is -1.24. The number of rotatable bonds is 9. The third-order valence-corrected chi connectivity index (χ3v) is 3.29. The lowest BCUT2D eigenvalue weighted by molar-refractivity contribution is -0.132. The summed E-state index contributed by atoms with van der Waals surface area (Å²) in [6.07, 6.45) is 0.132. The summed E-state index contributed by atoms with van der Waals surface area (Å²) in [6, 6.07) is 5.36. The SMILES string of the molecule is NC(=O)[C@H](CO)NC(=O)[C@H](Cc1ccccc1)NC(=O)[C@@H](N)CO. The Balaban J connectivity index is 2.88. The molecule has 1 rings (SSSR count). The van der Waals surface area contributed by atoms with Gasteiger partial charge in [-0.25, -0.2) is 0 Å². The monoisotopic (exact) mass is 338 g/mol. The van der Waals surface area contributed by atoms with Crippen molar-refractivity contribution in [1.82, 2.24) is 10.6 Å². The molecular weight excluding hydrogens is 316 g/mol. The zero-order valence-corrected chi connectivity index (χ0v) is 13.0. The second-order valence-electron chi connectivity index (χ2n) is 5.19. The molecule has 0 fully saturated rings. The molecule has 0 aliphatic carbocycles. The van der Waals surface area contributed by atoms with Crippen LogP contribution < -0.4 is 22.1 Å². The minimum Gasteiger partial charge on any atom is -0.394 e. The molecule has 1 aromatic carbocycles. The van der Waals surface area contributed by atoms with Gasteiger partial charge in [0.2, 0.25) is 17.7 Å². The predicted octanol–water partition coefficient (Wildman–Crippen LogP) is -3.00. The number of hydrogen-bond donors (Lipinski definition) is 6. The maximum absolute atomic E-state index is 12.3. The summed E-state index contributed by atoms with van der Waals surface area (Å²) in [7, 11) is 0. The first-order chi connectivity index (χ1) is 11.4. The van der Waals surface area contributed by atoms with Crippen LogP contribution in [0.3, 0.4) is 0 Å². The molecule has 24 heavy (non-hydrogen) atoms. The zero-order valence-electron chi connectivity index (χ0n) is 13.0. The van der Waals surface area contributed by atoms with E-state index < -0.39 is 49.1 Å². The molecule has 0 saturated carbocycles. The number of carbonyl (C=O) groups excluding carboxylic acids is 3. The van der Waals surface area contributed by atoms with E-state index >= 15 is 0 Å². The molecule has 0 aliphatic rings. The summed E-state index contributed by atoms with van der Waals surface area (Å²) in [5.74, 6) is -2.31. The number of benzene rings is 1. The third kappa shape index (κ3) is 5.95. The van der Waals surface area contributed by atoms with Crippen LogP contribution >= 0.6 is 0 Å². The highest BCUT2D eigenvalue weighted by Gasteiger charge is 2.27. The highest BCUT2D eigenvalue weighted by atomic mass is 16.3. The average Bonchev–Trinajstić information content (AvgIpc) is 2.58. The van der Waals surface area contributed by atoms with Crippen molar-refractivity contribution in [2.45, 2.75) is 24.5 Å². The summed E-state index contributed by atoms with van der Waals surface area (Å²) in [5, 5.41) is 22.7. The van der Waals surface area contributed by atoms with Gasteiger partial charge >= 0.3 is 0 Å². The highest BCUT2D eigenvalue weighted by molar-refractivity contribution is 5.92. The van der Waals surface area contributed by atoms with Gasteiger partial charge in [-0.3, -0.25) is 14.4 Å². The van der Waals surface area contributed by atoms with Crippen LogP contribution in [0, 0.1) is 0 Å². The fourth-order valence-electron chi connectivity index (χ4n) is 1.90. The van der Waals surface area contributed by atoms with E-state index in [2.05, 4.69) is 10.6 Å². The minimum atomic E-state index is -1.26. The van der Waals surface area contributed by atoms with E-state index in [9.17, 15) is 14.4 Å². The van der Waals surface area contributed by atoms with Crippen molar-refractivity contribution >= 4 is 17.7 Å². The van der Waals surface area contributed by atoms with Crippen LogP contribution in [-0.4, -0.2) is 59.3 Å². The number of nitrogens with one attached hydrogen (secondary N) is 2. The van der Waals surface area contributed by atoms with Crippen LogP contribution in [0.25, 0.3) is 0 Å². The van der Waals surface area contributed by atoms with E-state index in [0.29, 0.717) is 0 Å². The normalized spacial score (nSPS) is 14.3. The number of carbonyl (C=O) groups is 3. The van der Waals surface area contributed by atoms with Gasteiger partial charge in [0, 0.05) is 6.42 Å². The first-order valence-electron chi connectivity index (χ1n) is 7.30. The Morgan fingerprint density at radius 3 is 2.04 bits per heavy atom. The van der Waals surface area contributed by atoms with E-state index in [0.717, 1.165) is 5.56 Å². The number of primary amides is 1. The Bertz CT molecular complexity index is 566. The summed E-state index contributed by atoms with van der Waals surface area (Å²) in [4.78, 5) is 35.3. The molecule has 0 aliphatic heterocycles. The first kappa shape index (κ1) is 19.6. The quantitative estimate of drug-likeness (QED) is 0.280. The van der Waals surface area contributed by atoms with Crippen LogP contribution in [0.5, 0.6) is 0 Å². The number of aliphatic hydroxyl groups excluding tert-OH is 2. The lowest BCUT2D eigenvalue weighted by Gasteiger charge is -2.22. The summed E-state index contributed by atoms with van der Waals surface area (Å²) >= 11 is 0. The Kier molecular flexibility index (Phi) is 7.83. The fraction of sp³-hybridized carbons (Fsp3) is 0.400. The molecule has 0 unspecified atom stereocenters. The molecule has 3 atom stereocenters. The van der Waals surface area contributed by atoms with Crippen molar-refractivity contribution in [3.8, 4) is 0 Å². The van der Waals surface area contributed by atoms with Crippen molar-refractivity contribution < 1.29 is 24.6 Å². The summed E-state index contributed by atoms with van der Waals surface area (Å²) in [5.41, 5.74) is 11.3. The van der Waals surface area contributed by atoms with Crippen LogP contribution in [0.4, 0.5) is 0 Å². The van der Waals surface area contributed by atoms with Gasteiger partial charge in [-0.05, 0) is 5.56 Å². The van der Waals surface area contributed by atoms with E-state index in [1.165, 1.54) is 0 Å². The molecule has 0 saturated heterocycles. The molecule has 9 heteroatoms. The van der Waals surface area contributed by atoms with Gasteiger partial charge in [0.15, 0.2) is 0 Å². The first-order valence-corrected chi connectivity index (χ1v) is 7.30. The predicted molar refractivity (Wildman–Crippen MR) is 85.3 cm³/mol. The Morgan fingerprint density at radius 1 is 0.958 bits per heavy atom. The lowest BCUT2D eigenvalue weighted by Crippen LogP contribution is -2.57. The van der Waals surface area contributed by atoms with Crippen molar-refractivity contribution in [1.29, 1.82) is 0 Å². The maximum Gasteiger partial charge on any atom is 0.243 e. The Labute approximate surface area is 139 Å². The van der Waals surface area contributed by atoms with Crippen molar-refractivity contribution in [2.75, 3.05) is 13.2 Å². The van der Waals surface area contributed by atoms with Crippen molar-refractivity contribution in [2.24, 2.45) is 11.5 Å². The van der Waals surface area contributed by atoms with E-state index in [4.69, 9.17) is 21.7 Å². The van der Waals surface area contributed by atoms with Crippen molar-refractivity contribution in [3.63, 3.8) is 0 Å². The molecule has 0 heterocycles. The molecular formula is C15H22N4O5. The van der Waals surface area contributed by atoms with Gasteiger partial charge in [0.05, 0.1) is 13.2 Å². The van der Waals surface area contributed by atoms with Gasteiger partial charge in [-0.2, -0.15) is 0 Å². The Hall–Kier alpha value is -2.49. The summed E-state index contributed by atoms with van der Waals surface area (Å²) < 4.78 is 0. The van der Waals surface area contributed by atoms with E-state index in [1.807, 2.05) is 0 Å². The number of hydrogen-bond acceptors (Lipinski definition) is 6. The molecule has 8 N–H and O–H groups in total. The molecule has 1 aromatic rings. The standard InChI is InChI=1S/C15H22N4O5/c16-10(7-20)14(23)18-11(6-9-4-2-1-3-5-9)15(24)19-12(8-21)13(17)22/h1-5,10-12,20-21H,6-8,16H2,(H2,17,22)(H,18,23)(H,19,24)/t10-,11-,12-/m0/s1. The molecule has 0 aromatic heterocycles. The van der Waals surface area contributed by atoms with Crippen LogP contribution in [0.15, 0.2) is 30.3 Å². The smallest absolute Gasteiger partial charge is 0.243 e. The largest absolute Gasteiger partial charge is 0.394 e. The molecule has 0 spiro atoms. The van der Waals surface area contributed by atoms with E-state index in [-0.39, 0.29) is 6.42 Å². The van der Waals surface area contributed by atoms with Crippen LogP contribution in [0.2, 0.25) is 0 Å². The molecule has 0 bridgehead atoms. The van der Waals surface area contributed by atoms with Crippen molar-refractivity contribution in [3.05, 3.63) is 35.9 Å². The second-order valence-corrected chi connectivity index (χ2v) is 5.19. The fourth-order valence-corrected chi connectivity index (χ4v) is 1.90. The van der Waals surface area contributed by atoms with Crippen LogP contribution in [-0.2, 0) is 20.8 Å². The number of amides is 3. The molecule has 132 valence electrons. The van der Waals surface area contributed by atoms with Gasteiger partial charge in [0.25, 0.3) is 0 Å². The minimum absolute atomic E-state index is 0.132. The van der Waals surface area contributed by atoms with Gasteiger partial charge < -0.3 is 32.3 Å². The maximum atomic E-state index is 12.3. The lowest BCUT2D eigenvalue weighted by atomic mass is 10.0. The average molecular weight is 338 g/mol. The third-order valence-electron chi connectivity index (χ3n) is 3.29. The zero-order chi connectivity index (χ0) is 18.1. The Morgan fingerprint density at radius 2 is 1.54 bits per heavy atom.